The van der Waals surface area contributed by atoms with Gasteiger partial charge in [-0.15, -0.1) is 0 Å². The van der Waals surface area contributed by atoms with Crippen LogP contribution in [0.4, 0.5) is 13.2 Å². The summed E-state index contributed by atoms with van der Waals surface area (Å²) in [6.07, 6.45) is -4.57. The Bertz CT molecular complexity index is 1090. The highest BCUT2D eigenvalue weighted by Gasteiger charge is 2.30. The third-order valence-electron chi connectivity index (χ3n) is 3.63. The van der Waals surface area contributed by atoms with Crippen LogP contribution in [0.2, 0.25) is 10.0 Å². The second kappa shape index (κ2) is 6.24. The molecule has 2 aromatic carbocycles. The monoisotopic (exact) mass is 388 g/mol. The molecule has 0 bridgehead atoms. The van der Waals surface area contributed by atoms with Crippen LogP contribution in [0.3, 0.4) is 0 Å². The minimum atomic E-state index is -4.57. The third kappa shape index (κ3) is 3.43. The first kappa shape index (κ1) is 17.6. The Morgan fingerprint density at radius 2 is 1.72 bits per heavy atom. The zero-order valence-electron chi connectivity index (χ0n) is 12.3. The molecule has 0 amide bonds. The van der Waals surface area contributed by atoms with Gasteiger partial charge in [0.2, 0.25) is 0 Å². The lowest BCUT2D eigenvalue weighted by molar-refractivity contribution is -0.137. The van der Waals surface area contributed by atoms with Crippen molar-refractivity contribution < 1.29 is 13.2 Å². The molecular weight excluding hydrogens is 380 g/mol. The Hall–Kier alpha value is -2.25. The first-order valence-corrected chi connectivity index (χ1v) is 7.70. The average Bonchev–Trinajstić information content (AvgIpc) is 2.53. The Kier molecular flexibility index (Phi) is 4.38. The lowest BCUT2D eigenvalue weighted by Gasteiger charge is -2.10. The predicted octanol–water partition coefficient (Wildman–Crippen LogP) is 4.06. The van der Waals surface area contributed by atoms with Crippen molar-refractivity contribution >= 4 is 34.1 Å². The van der Waals surface area contributed by atoms with Gasteiger partial charge >= 0.3 is 11.9 Å². The van der Waals surface area contributed by atoms with Gasteiger partial charge in [0.05, 0.1) is 33.1 Å². The van der Waals surface area contributed by atoms with Gasteiger partial charge in [0, 0.05) is 0 Å². The molecular formula is C16H9Cl2F3N2O2. The molecule has 3 aromatic rings. The van der Waals surface area contributed by atoms with Crippen molar-refractivity contribution in [2.24, 2.45) is 0 Å². The van der Waals surface area contributed by atoms with Crippen molar-refractivity contribution in [2.45, 2.75) is 12.7 Å². The smallest absolute Gasteiger partial charge is 0.307 e. The van der Waals surface area contributed by atoms with Crippen LogP contribution in [0.15, 0.2) is 46.0 Å². The summed E-state index contributed by atoms with van der Waals surface area (Å²) in [5.74, 6) is 0. The van der Waals surface area contributed by atoms with E-state index >= 15 is 0 Å². The summed E-state index contributed by atoms with van der Waals surface area (Å²) < 4.78 is 39.2. The molecule has 1 aromatic heterocycles. The van der Waals surface area contributed by atoms with Crippen LogP contribution >= 0.6 is 23.2 Å². The fraction of sp³-hybridized carbons (Fsp3) is 0.125. The van der Waals surface area contributed by atoms with Gasteiger partial charge in [-0.1, -0.05) is 29.3 Å². The number of nitrogens with zero attached hydrogens (tertiary/aromatic N) is 1. The highest BCUT2D eigenvalue weighted by Crippen LogP contribution is 2.30. The second-order valence-corrected chi connectivity index (χ2v) is 6.14. The Morgan fingerprint density at radius 1 is 1.00 bits per heavy atom. The number of alkyl halides is 3. The molecule has 0 spiro atoms. The summed E-state index contributed by atoms with van der Waals surface area (Å²) >= 11 is 11.7. The molecule has 25 heavy (non-hydrogen) atoms. The number of nitrogens with one attached hydrogen (secondary N) is 1. The van der Waals surface area contributed by atoms with E-state index in [-0.39, 0.29) is 22.5 Å². The summed E-state index contributed by atoms with van der Waals surface area (Å²) in [4.78, 5) is 26.9. The van der Waals surface area contributed by atoms with Crippen LogP contribution in [0.1, 0.15) is 11.1 Å². The second-order valence-electron chi connectivity index (χ2n) is 5.33. The predicted molar refractivity (Wildman–Crippen MR) is 89.4 cm³/mol. The molecule has 0 fully saturated rings. The van der Waals surface area contributed by atoms with Gasteiger partial charge in [-0.2, -0.15) is 13.2 Å². The number of aromatic amines is 1. The minimum Gasteiger partial charge on any atom is -0.307 e. The molecule has 9 heteroatoms. The fourth-order valence-corrected chi connectivity index (χ4v) is 2.72. The maximum absolute atomic E-state index is 12.8. The molecule has 0 unspecified atom stereocenters. The summed E-state index contributed by atoms with van der Waals surface area (Å²) in [5, 5.41) is 0.566. The van der Waals surface area contributed by atoms with E-state index in [1.807, 2.05) is 0 Å². The van der Waals surface area contributed by atoms with E-state index in [0.717, 1.165) is 22.8 Å². The molecule has 3 rings (SSSR count). The number of benzene rings is 2. The number of rotatable bonds is 2. The molecule has 0 radical (unpaired) electrons. The summed E-state index contributed by atoms with van der Waals surface area (Å²) in [6.45, 7) is -0.0952. The largest absolute Gasteiger partial charge is 0.416 e. The molecule has 0 atom stereocenters. The van der Waals surface area contributed by atoms with E-state index in [1.54, 1.807) is 6.07 Å². The van der Waals surface area contributed by atoms with Crippen LogP contribution < -0.4 is 11.2 Å². The van der Waals surface area contributed by atoms with Crippen LogP contribution in [-0.2, 0) is 12.7 Å². The lowest BCUT2D eigenvalue weighted by atomic mass is 10.1. The number of fused-ring (bicyclic) bond motifs is 1. The first-order chi connectivity index (χ1) is 11.7. The number of hydrogen-bond donors (Lipinski definition) is 1. The highest BCUT2D eigenvalue weighted by molar-refractivity contribution is 6.42. The van der Waals surface area contributed by atoms with Gasteiger partial charge in [-0.05, 0) is 35.9 Å². The summed E-state index contributed by atoms with van der Waals surface area (Å²) in [6, 6.07) is 7.20. The van der Waals surface area contributed by atoms with E-state index < -0.39 is 23.0 Å². The van der Waals surface area contributed by atoms with E-state index in [1.165, 1.54) is 12.1 Å². The van der Waals surface area contributed by atoms with E-state index in [0.29, 0.717) is 10.6 Å². The van der Waals surface area contributed by atoms with Crippen LogP contribution in [0, 0.1) is 0 Å². The SMILES string of the molecule is O=c1[nH]c2cc(C(F)(F)F)ccc2c(=O)n1Cc1ccc(Cl)c(Cl)c1. The first-order valence-electron chi connectivity index (χ1n) is 6.95. The maximum Gasteiger partial charge on any atom is 0.416 e. The zero-order chi connectivity index (χ0) is 18.4. The molecule has 0 aliphatic carbocycles. The average molecular weight is 389 g/mol. The third-order valence-corrected chi connectivity index (χ3v) is 4.37. The Labute approximate surface area is 148 Å². The van der Waals surface area contributed by atoms with Gasteiger partial charge in [-0.25, -0.2) is 4.79 Å². The molecule has 4 nitrogen and oxygen atoms in total. The number of halogens is 5. The summed E-state index contributed by atoms with van der Waals surface area (Å²) in [5.41, 5.74) is -2.08. The number of hydrogen-bond acceptors (Lipinski definition) is 2. The Balaban J connectivity index is 2.12. The van der Waals surface area contributed by atoms with Gasteiger partial charge in [0.1, 0.15) is 0 Å². The van der Waals surface area contributed by atoms with Crippen LogP contribution in [0.5, 0.6) is 0 Å². The van der Waals surface area contributed by atoms with E-state index in [9.17, 15) is 22.8 Å². The van der Waals surface area contributed by atoms with Gasteiger partial charge in [0.15, 0.2) is 0 Å². The topological polar surface area (TPSA) is 54.9 Å². The van der Waals surface area contributed by atoms with Crippen molar-refractivity contribution in [3.8, 4) is 0 Å². The van der Waals surface area contributed by atoms with Crippen molar-refractivity contribution in [3.05, 3.63) is 78.4 Å². The van der Waals surface area contributed by atoms with Crippen molar-refractivity contribution in [1.29, 1.82) is 0 Å². The fourth-order valence-electron chi connectivity index (χ4n) is 2.39. The lowest BCUT2D eigenvalue weighted by Crippen LogP contribution is -2.35. The van der Waals surface area contributed by atoms with Crippen molar-refractivity contribution in [2.75, 3.05) is 0 Å². The quantitative estimate of drug-likeness (QED) is 0.719. The minimum absolute atomic E-state index is 0.0207. The van der Waals surface area contributed by atoms with E-state index in [4.69, 9.17) is 23.2 Å². The molecule has 1 heterocycles. The molecule has 1 N–H and O–H groups in total. The molecule has 0 aliphatic heterocycles. The highest BCUT2D eigenvalue weighted by atomic mass is 35.5. The zero-order valence-corrected chi connectivity index (χ0v) is 13.8. The normalized spacial score (nSPS) is 11.9. The van der Waals surface area contributed by atoms with Gasteiger partial charge in [-0.3, -0.25) is 9.36 Å². The van der Waals surface area contributed by atoms with Crippen LogP contribution in [-0.4, -0.2) is 9.55 Å². The van der Waals surface area contributed by atoms with Crippen molar-refractivity contribution in [3.63, 3.8) is 0 Å². The summed E-state index contributed by atoms with van der Waals surface area (Å²) in [7, 11) is 0. The Morgan fingerprint density at radius 3 is 2.36 bits per heavy atom. The molecule has 0 saturated heterocycles. The number of H-pyrrole nitrogens is 1. The van der Waals surface area contributed by atoms with Crippen LogP contribution in [0.25, 0.3) is 10.9 Å². The molecule has 0 saturated carbocycles. The van der Waals surface area contributed by atoms with Gasteiger partial charge < -0.3 is 4.98 Å². The molecule has 0 aliphatic rings. The van der Waals surface area contributed by atoms with Crippen molar-refractivity contribution in [1.82, 2.24) is 9.55 Å². The standard InChI is InChI=1S/C16H9Cl2F3N2O2/c17-11-4-1-8(5-12(11)18)7-23-14(24)10-3-2-9(16(19,20)21)6-13(10)22-15(23)25/h1-6H,7H2,(H,22,25). The number of aromatic nitrogens is 2. The maximum atomic E-state index is 12.8. The van der Waals surface area contributed by atoms with E-state index in [2.05, 4.69) is 4.98 Å². The molecule has 130 valence electrons. The van der Waals surface area contributed by atoms with Gasteiger partial charge in [0.25, 0.3) is 5.56 Å².